The molecule has 0 unspecified atom stereocenters. The largest absolute Gasteiger partial charge is 0.469 e. The second-order valence-electron chi connectivity index (χ2n) is 5.12. The number of anilines is 1. The molecule has 4 heteroatoms. The number of methoxy groups -OCH3 is 1. The molecule has 0 spiro atoms. The highest BCUT2D eigenvalue weighted by molar-refractivity contribution is 9.10. The zero-order valence-corrected chi connectivity index (χ0v) is 13.0. The van der Waals surface area contributed by atoms with Gasteiger partial charge in [-0.05, 0) is 49.9 Å². The molecule has 0 N–H and O–H groups in total. The number of rotatable bonds is 3. The molecule has 1 aliphatic rings. The summed E-state index contributed by atoms with van der Waals surface area (Å²) < 4.78 is 5.92. The van der Waals surface area contributed by atoms with E-state index in [2.05, 4.69) is 52.1 Å². The summed E-state index contributed by atoms with van der Waals surface area (Å²) in [4.78, 5) is 13.8. The Kier molecular flexibility index (Phi) is 4.86. The molecule has 0 bridgehead atoms. The van der Waals surface area contributed by atoms with Gasteiger partial charge in [0, 0.05) is 23.2 Å². The van der Waals surface area contributed by atoms with Crippen LogP contribution >= 0.6 is 15.9 Å². The Labute approximate surface area is 123 Å². The minimum absolute atomic E-state index is 0.0512. The van der Waals surface area contributed by atoms with Gasteiger partial charge in [0.15, 0.2) is 0 Å². The SMILES string of the molecule is COC(=O)C1CCC(N(C)c2ccc(Br)cc2)CC1. The monoisotopic (exact) mass is 325 g/mol. The Morgan fingerprint density at radius 3 is 2.32 bits per heavy atom. The van der Waals surface area contributed by atoms with Crippen LogP contribution in [0.2, 0.25) is 0 Å². The zero-order chi connectivity index (χ0) is 13.8. The Morgan fingerprint density at radius 1 is 1.21 bits per heavy atom. The van der Waals surface area contributed by atoms with E-state index in [-0.39, 0.29) is 11.9 Å². The van der Waals surface area contributed by atoms with Gasteiger partial charge in [0.2, 0.25) is 0 Å². The van der Waals surface area contributed by atoms with E-state index in [4.69, 9.17) is 4.74 Å². The van der Waals surface area contributed by atoms with Gasteiger partial charge in [-0.25, -0.2) is 0 Å². The maximum atomic E-state index is 11.5. The molecule has 1 aromatic rings. The molecular formula is C15H20BrNO2. The molecule has 2 rings (SSSR count). The molecule has 0 saturated heterocycles. The first kappa shape index (κ1) is 14.4. The van der Waals surface area contributed by atoms with Crippen LogP contribution in [0, 0.1) is 5.92 Å². The maximum Gasteiger partial charge on any atom is 0.308 e. The minimum Gasteiger partial charge on any atom is -0.469 e. The molecule has 1 saturated carbocycles. The number of nitrogens with zero attached hydrogens (tertiary/aromatic N) is 1. The Morgan fingerprint density at radius 2 is 1.79 bits per heavy atom. The predicted molar refractivity (Wildman–Crippen MR) is 80.3 cm³/mol. The topological polar surface area (TPSA) is 29.5 Å². The van der Waals surface area contributed by atoms with Gasteiger partial charge in [-0.3, -0.25) is 4.79 Å². The van der Waals surface area contributed by atoms with Crippen LogP contribution in [0.3, 0.4) is 0 Å². The number of esters is 1. The van der Waals surface area contributed by atoms with Crippen LogP contribution in [-0.2, 0) is 9.53 Å². The van der Waals surface area contributed by atoms with E-state index in [0.29, 0.717) is 6.04 Å². The second-order valence-corrected chi connectivity index (χ2v) is 6.03. The third-order valence-electron chi connectivity index (χ3n) is 4.01. The molecule has 1 fully saturated rings. The summed E-state index contributed by atoms with van der Waals surface area (Å²) in [5, 5.41) is 0. The highest BCUT2D eigenvalue weighted by atomic mass is 79.9. The molecule has 0 radical (unpaired) electrons. The molecule has 0 amide bonds. The highest BCUT2D eigenvalue weighted by Gasteiger charge is 2.28. The summed E-state index contributed by atoms with van der Waals surface area (Å²) in [5.74, 6) is 0.0457. The van der Waals surface area contributed by atoms with Crippen molar-refractivity contribution in [2.24, 2.45) is 5.92 Å². The van der Waals surface area contributed by atoms with Crippen molar-refractivity contribution in [3.8, 4) is 0 Å². The number of carbonyl (C=O) groups is 1. The summed E-state index contributed by atoms with van der Waals surface area (Å²) >= 11 is 3.45. The van der Waals surface area contributed by atoms with E-state index in [1.165, 1.54) is 12.8 Å². The number of halogens is 1. The number of ether oxygens (including phenoxy) is 1. The van der Waals surface area contributed by atoms with E-state index in [9.17, 15) is 4.79 Å². The van der Waals surface area contributed by atoms with Gasteiger partial charge in [-0.1, -0.05) is 15.9 Å². The standard InChI is InChI=1S/C15H20BrNO2/c1-17(14-9-5-12(16)6-10-14)13-7-3-11(4-8-13)15(18)19-2/h5-6,9-11,13H,3-4,7-8H2,1-2H3. The van der Waals surface area contributed by atoms with Crippen LogP contribution in [0.4, 0.5) is 5.69 Å². The lowest BCUT2D eigenvalue weighted by Crippen LogP contribution is -2.36. The van der Waals surface area contributed by atoms with E-state index in [1.807, 2.05) is 0 Å². The molecule has 0 atom stereocenters. The molecule has 104 valence electrons. The lowest BCUT2D eigenvalue weighted by Gasteiger charge is -2.35. The van der Waals surface area contributed by atoms with Crippen molar-refractivity contribution in [1.82, 2.24) is 0 Å². The molecular weight excluding hydrogens is 306 g/mol. The van der Waals surface area contributed by atoms with Gasteiger partial charge in [-0.2, -0.15) is 0 Å². The fourth-order valence-electron chi connectivity index (χ4n) is 2.75. The van der Waals surface area contributed by atoms with Crippen molar-refractivity contribution in [1.29, 1.82) is 0 Å². The Hall–Kier alpha value is -1.03. The average Bonchev–Trinajstić information content (AvgIpc) is 2.46. The number of benzene rings is 1. The second kappa shape index (κ2) is 6.42. The van der Waals surface area contributed by atoms with Crippen LogP contribution in [0.1, 0.15) is 25.7 Å². The quantitative estimate of drug-likeness (QED) is 0.795. The Bertz CT molecular complexity index is 424. The molecule has 1 aromatic carbocycles. The maximum absolute atomic E-state index is 11.5. The van der Waals surface area contributed by atoms with E-state index in [1.54, 1.807) is 0 Å². The summed E-state index contributed by atoms with van der Waals surface area (Å²) in [6.45, 7) is 0. The third-order valence-corrected chi connectivity index (χ3v) is 4.54. The van der Waals surface area contributed by atoms with Crippen LogP contribution in [0.25, 0.3) is 0 Å². The summed E-state index contributed by atoms with van der Waals surface area (Å²) in [5.41, 5.74) is 1.23. The van der Waals surface area contributed by atoms with Crippen molar-refractivity contribution >= 4 is 27.6 Å². The predicted octanol–water partition coefficient (Wildman–Crippen LogP) is 3.62. The van der Waals surface area contributed by atoms with Crippen LogP contribution in [0.5, 0.6) is 0 Å². The van der Waals surface area contributed by atoms with Crippen LogP contribution in [-0.4, -0.2) is 26.2 Å². The van der Waals surface area contributed by atoms with Gasteiger partial charge in [0.25, 0.3) is 0 Å². The molecule has 0 aliphatic heterocycles. The van der Waals surface area contributed by atoms with E-state index in [0.717, 1.165) is 30.2 Å². The molecule has 1 aliphatic carbocycles. The van der Waals surface area contributed by atoms with Crippen molar-refractivity contribution in [2.45, 2.75) is 31.7 Å². The first-order chi connectivity index (χ1) is 9.11. The number of hydrogen-bond donors (Lipinski definition) is 0. The summed E-state index contributed by atoms with van der Waals surface area (Å²) in [7, 11) is 3.61. The lowest BCUT2D eigenvalue weighted by atomic mass is 9.85. The molecule has 0 heterocycles. The Balaban J connectivity index is 1.94. The third kappa shape index (κ3) is 3.50. The molecule has 0 aromatic heterocycles. The van der Waals surface area contributed by atoms with E-state index >= 15 is 0 Å². The zero-order valence-electron chi connectivity index (χ0n) is 11.4. The van der Waals surface area contributed by atoms with Crippen LogP contribution < -0.4 is 4.90 Å². The first-order valence-electron chi connectivity index (χ1n) is 6.68. The van der Waals surface area contributed by atoms with Crippen molar-refractivity contribution in [2.75, 3.05) is 19.1 Å². The lowest BCUT2D eigenvalue weighted by molar-refractivity contribution is -0.146. The average molecular weight is 326 g/mol. The highest BCUT2D eigenvalue weighted by Crippen LogP contribution is 2.30. The van der Waals surface area contributed by atoms with Gasteiger partial charge in [0.05, 0.1) is 13.0 Å². The number of hydrogen-bond acceptors (Lipinski definition) is 3. The van der Waals surface area contributed by atoms with Gasteiger partial charge < -0.3 is 9.64 Å². The molecule has 19 heavy (non-hydrogen) atoms. The van der Waals surface area contributed by atoms with Gasteiger partial charge in [0.1, 0.15) is 0 Å². The van der Waals surface area contributed by atoms with Crippen molar-refractivity contribution in [3.05, 3.63) is 28.7 Å². The fourth-order valence-corrected chi connectivity index (χ4v) is 3.02. The van der Waals surface area contributed by atoms with Crippen molar-refractivity contribution < 1.29 is 9.53 Å². The fraction of sp³-hybridized carbons (Fsp3) is 0.533. The minimum atomic E-state index is -0.0512. The first-order valence-corrected chi connectivity index (χ1v) is 7.47. The normalized spacial score (nSPS) is 22.9. The molecule has 3 nitrogen and oxygen atoms in total. The summed E-state index contributed by atoms with van der Waals surface area (Å²) in [6, 6.07) is 8.88. The van der Waals surface area contributed by atoms with Gasteiger partial charge >= 0.3 is 5.97 Å². The van der Waals surface area contributed by atoms with Crippen LogP contribution in [0.15, 0.2) is 28.7 Å². The van der Waals surface area contributed by atoms with E-state index < -0.39 is 0 Å². The number of carbonyl (C=O) groups excluding carboxylic acids is 1. The van der Waals surface area contributed by atoms with Gasteiger partial charge in [-0.15, -0.1) is 0 Å². The summed E-state index contributed by atoms with van der Waals surface area (Å²) in [6.07, 6.45) is 3.95. The van der Waals surface area contributed by atoms with Crippen molar-refractivity contribution in [3.63, 3.8) is 0 Å². The smallest absolute Gasteiger partial charge is 0.308 e.